The van der Waals surface area contributed by atoms with Crippen LogP contribution in [0.3, 0.4) is 0 Å². The van der Waals surface area contributed by atoms with Crippen LogP contribution in [-0.2, 0) is 14.9 Å². The lowest BCUT2D eigenvalue weighted by atomic mass is 9.62. The van der Waals surface area contributed by atoms with Gasteiger partial charge in [-0.25, -0.2) is 4.79 Å². The molecule has 1 N–H and O–H groups in total. The number of rotatable bonds is 1. The Bertz CT molecular complexity index is 810. The van der Waals surface area contributed by atoms with Gasteiger partial charge in [0.05, 0.1) is 18.1 Å². The van der Waals surface area contributed by atoms with Gasteiger partial charge in [0.1, 0.15) is 0 Å². The van der Waals surface area contributed by atoms with Crippen LogP contribution in [0.5, 0.6) is 0 Å². The van der Waals surface area contributed by atoms with Crippen molar-refractivity contribution in [2.24, 2.45) is 5.92 Å². The Morgan fingerprint density at radius 2 is 2.25 bits per heavy atom. The molecule has 3 aliphatic heterocycles. The summed E-state index contributed by atoms with van der Waals surface area (Å²) in [5.41, 5.74) is 5.78. The Kier molecular flexibility index (Phi) is 2.82. The molecule has 4 heteroatoms. The lowest BCUT2D eigenvalue weighted by molar-refractivity contribution is -0.137. The van der Waals surface area contributed by atoms with Gasteiger partial charge in [-0.2, -0.15) is 0 Å². The summed E-state index contributed by atoms with van der Waals surface area (Å²) in [5.74, 6) is 0.0135. The van der Waals surface area contributed by atoms with E-state index in [0.29, 0.717) is 6.04 Å². The number of esters is 1. The first-order chi connectivity index (χ1) is 11.7. The maximum Gasteiger partial charge on any atom is 0.336 e. The maximum absolute atomic E-state index is 12.7. The first-order valence-electron chi connectivity index (χ1n) is 8.79. The van der Waals surface area contributed by atoms with Gasteiger partial charge in [0.15, 0.2) is 0 Å². The molecule has 2 bridgehead atoms. The van der Waals surface area contributed by atoms with Crippen molar-refractivity contribution in [1.82, 2.24) is 4.90 Å². The van der Waals surface area contributed by atoms with E-state index in [4.69, 9.17) is 4.74 Å². The number of allylic oxidation sites excluding steroid dienone is 1. The predicted molar refractivity (Wildman–Crippen MR) is 92.6 cm³/mol. The molecule has 0 aromatic heterocycles. The Morgan fingerprint density at radius 3 is 3.04 bits per heavy atom. The molecule has 3 heterocycles. The largest absolute Gasteiger partial charge is 0.466 e. The molecule has 4 aliphatic rings. The summed E-state index contributed by atoms with van der Waals surface area (Å²) in [6.45, 7) is 4.15. The number of anilines is 1. The Morgan fingerprint density at radius 1 is 1.42 bits per heavy atom. The van der Waals surface area contributed by atoms with Crippen molar-refractivity contribution in [1.29, 1.82) is 0 Å². The molecular formula is C20H22N2O2. The van der Waals surface area contributed by atoms with Crippen LogP contribution < -0.4 is 5.32 Å². The minimum absolute atomic E-state index is 0.0596. The van der Waals surface area contributed by atoms with Crippen LogP contribution >= 0.6 is 0 Å². The molecule has 1 spiro atoms. The van der Waals surface area contributed by atoms with Gasteiger partial charge in [-0.15, -0.1) is 0 Å². The van der Waals surface area contributed by atoms with Crippen molar-refractivity contribution in [3.8, 4) is 0 Å². The zero-order valence-corrected chi connectivity index (χ0v) is 14.1. The van der Waals surface area contributed by atoms with Gasteiger partial charge in [0, 0.05) is 36.4 Å². The van der Waals surface area contributed by atoms with E-state index >= 15 is 0 Å². The number of nitrogens with one attached hydrogen (secondary N) is 1. The van der Waals surface area contributed by atoms with Crippen molar-refractivity contribution in [2.75, 3.05) is 25.5 Å². The van der Waals surface area contributed by atoms with E-state index in [0.717, 1.165) is 42.9 Å². The molecule has 124 valence electrons. The number of methoxy groups -OCH3 is 1. The fourth-order valence-corrected chi connectivity index (χ4v) is 5.61. The fraction of sp³-hybridized carbons (Fsp3) is 0.450. The van der Waals surface area contributed by atoms with Crippen molar-refractivity contribution < 1.29 is 9.53 Å². The maximum atomic E-state index is 12.7. The molecule has 2 fully saturated rings. The van der Waals surface area contributed by atoms with Crippen LogP contribution in [0.4, 0.5) is 5.69 Å². The van der Waals surface area contributed by atoms with E-state index in [2.05, 4.69) is 47.5 Å². The molecule has 1 unspecified atom stereocenters. The monoisotopic (exact) mass is 322 g/mol. The highest BCUT2D eigenvalue weighted by atomic mass is 16.5. The van der Waals surface area contributed by atoms with Crippen LogP contribution in [0.1, 0.15) is 25.3 Å². The second-order valence-electron chi connectivity index (χ2n) is 7.31. The fourth-order valence-electron chi connectivity index (χ4n) is 5.61. The Balaban J connectivity index is 1.82. The molecule has 1 aromatic rings. The van der Waals surface area contributed by atoms with E-state index in [-0.39, 0.29) is 17.3 Å². The van der Waals surface area contributed by atoms with Crippen LogP contribution in [0.2, 0.25) is 0 Å². The quantitative estimate of drug-likeness (QED) is 0.638. The second kappa shape index (κ2) is 4.73. The van der Waals surface area contributed by atoms with Crippen LogP contribution in [-0.4, -0.2) is 37.1 Å². The zero-order chi connectivity index (χ0) is 16.5. The number of benzene rings is 1. The predicted octanol–water partition coefficient (Wildman–Crippen LogP) is 2.83. The number of hydrogen-bond acceptors (Lipinski definition) is 4. The van der Waals surface area contributed by atoms with Crippen molar-refractivity contribution in [3.63, 3.8) is 0 Å². The average molecular weight is 322 g/mol. The third kappa shape index (κ3) is 1.50. The van der Waals surface area contributed by atoms with Gasteiger partial charge in [0.25, 0.3) is 0 Å². The molecule has 3 atom stereocenters. The topological polar surface area (TPSA) is 41.6 Å². The lowest BCUT2D eigenvalue weighted by Crippen LogP contribution is -2.53. The number of hydrogen-bond donors (Lipinski definition) is 1. The standard InChI is InChI=1S/C20H22N2O2/c1-3-12-11-22-9-8-20-14-6-4-5-7-15(14)21-18(20)17(19(23)24-2)13(12)10-16(20)22/h3-7,13,16,21H,8-11H2,1-2H3/b12-3-/t13-,16?,20+/m0/s1. The average Bonchev–Trinajstić information content (AvgIpc) is 3.17. The van der Waals surface area contributed by atoms with Gasteiger partial charge in [0.2, 0.25) is 0 Å². The van der Waals surface area contributed by atoms with Gasteiger partial charge >= 0.3 is 5.97 Å². The SMILES string of the molecule is C/C=C1/CN2CC[C@]34C(=C(C(=O)OC)[C@H]1CC23)Nc1ccccc14. The van der Waals surface area contributed by atoms with E-state index in [1.54, 1.807) is 0 Å². The molecule has 0 amide bonds. The van der Waals surface area contributed by atoms with Crippen LogP contribution in [0.25, 0.3) is 0 Å². The van der Waals surface area contributed by atoms with E-state index in [1.165, 1.54) is 18.2 Å². The molecule has 24 heavy (non-hydrogen) atoms. The van der Waals surface area contributed by atoms with E-state index in [9.17, 15) is 4.79 Å². The smallest absolute Gasteiger partial charge is 0.336 e. The number of carbonyl (C=O) groups is 1. The second-order valence-corrected chi connectivity index (χ2v) is 7.31. The summed E-state index contributed by atoms with van der Waals surface area (Å²) in [6.07, 6.45) is 4.28. The van der Waals surface area contributed by atoms with Crippen LogP contribution in [0.15, 0.2) is 47.2 Å². The number of fused-ring (bicyclic) bond motifs is 2. The summed E-state index contributed by atoms with van der Waals surface area (Å²) >= 11 is 0. The Hall–Kier alpha value is -2.07. The summed E-state index contributed by atoms with van der Waals surface area (Å²) in [4.78, 5) is 15.3. The van der Waals surface area contributed by atoms with Crippen molar-refractivity contribution >= 4 is 11.7 Å². The molecule has 0 saturated carbocycles. The zero-order valence-electron chi connectivity index (χ0n) is 14.1. The third-order valence-corrected chi connectivity index (χ3v) is 6.60. The molecule has 1 aromatic carbocycles. The molecule has 4 nitrogen and oxygen atoms in total. The highest BCUT2D eigenvalue weighted by Crippen LogP contribution is 2.61. The summed E-state index contributed by atoms with van der Waals surface area (Å²) < 4.78 is 5.21. The minimum Gasteiger partial charge on any atom is -0.466 e. The minimum atomic E-state index is -0.173. The van der Waals surface area contributed by atoms with Gasteiger partial charge in [-0.05, 0) is 31.4 Å². The summed E-state index contributed by atoms with van der Waals surface area (Å²) in [7, 11) is 1.50. The summed E-state index contributed by atoms with van der Waals surface area (Å²) in [6, 6.07) is 9.03. The molecule has 5 rings (SSSR count). The molecule has 2 saturated heterocycles. The highest BCUT2D eigenvalue weighted by Gasteiger charge is 2.62. The molecule has 0 radical (unpaired) electrons. The number of carbonyl (C=O) groups excluding carboxylic acids is 1. The van der Waals surface area contributed by atoms with Gasteiger partial charge < -0.3 is 10.1 Å². The highest BCUT2D eigenvalue weighted by molar-refractivity contribution is 5.94. The first-order valence-corrected chi connectivity index (χ1v) is 8.79. The van der Waals surface area contributed by atoms with E-state index in [1.807, 2.05) is 0 Å². The van der Waals surface area contributed by atoms with Gasteiger partial charge in [-0.1, -0.05) is 29.8 Å². The van der Waals surface area contributed by atoms with Crippen LogP contribution in [0, 0.1) is 5.92 Å². The normalized spacial score (nSPS) is 34.8. The number of ether oxygens (including phenoxy) is 1. The lowest BCUT2D eigenvalue weighted by Gasteiger charge is -2.48. The van der Waals surface area contributed by atoms with Crippen molar-refractivity contribution in [2.45, 2.75) is 31.2 Å². The third-order valence-electron chi connectivity index (χ3n) is 6.60. The van der Waals surface area contributed by atoms with E-state index < -0.39 is 0 Å². The number of para-hydroxylation sites is 1. The Labute approximate surface area is 142 Å². The molecular weight excluding hydrogens is 300 g/mol. The first kappa shape index (κ1) is 14.3. The number of nitrogens with zero attached hydrogens (tertiary/aromatic N) is 1. The molecule has 1 aliphatic carbocycles. The van der Waals surface area contributed by atoms with Crippen molar-refractivity contribution in [3.05, 3.63) is 52.7 Å². The number of piperidine rings is 1. The van der Waals surface area contributed by atoms with Gasteiger partial charge in [-0.3, -0.25) is 4.90 Å². The summed E-state index contributed by atoms with van der Waals surface area (Å²) in [5, 5.41) is 3.62.